The van der Waals surface area contributed by atoms with E-state index in [0.29, 0.717) is 0 Å². The Balaban J connectivity index is 3.03. The Labute approximate surface area is 237 Å². The number of aliphatic carboxylic acids is 4. The molecule has 41 heavy (non-hydrogen) atoms. The first kappa shape index (κ1) is 35.1. The maximum atomic E-state index is 13.2. The Morgan fingerprint density at radius 1 is 0.659 bits per heavy atom. The summed E-state index contributed by atoms with van der Waals surface area (Å²) in [6.45, 7) is 4.34. The molecular weight excluding hydrogens is 546 g/mol. The molecule has 0 aromatic rings. The first-order valence-corrected chi connectivity index (χ1v) is 12.7. The average Bonchev–Trinajstić information content (AvgIpc) is 3.10. The molecule has 1 rings (SSSR count). The number of hydrogen-bond acceptors (Lipinski definition) is 10. The van der Waals surface area contributed by atoms with Gasteiger partial charge in [-0.05, 0) is 13.8 Å². The molecule has 0 bridgehead atoms. The van der Waals surface area contributed by atoms with Gasteiger partial charge in [-0.25, -0.2) is 0 Å². The normalized spacial score (nSPS) is 13.9. The molecule has 0 atom stereocenters. The van der Waals surface area contributed by atoms with E-state index in [1.54, 1.807) is 27.7 Å². The maximum absolute atomic E-state index is 13.2. The minimum absolute atomic E-state index is 0.00817. The van der Waals surface area contributed by atoms with Gasteiger partial charge in [-0.2, -0.15) is 0 Å². The fourth-order valence-corrected chi connectivity index (χ4v) is 3.97. The second kappa shape index (κ2) is 15.2. The monoisotopic (exact) mass is 585 g/mol. The molecule has 0 aromatic carbocycles. The van der Waals surface area contributed by atoms with Crippen LogP contribution in [0.3, 0.4) is 0 Å². The standard InChI is InChI=1S/C25H39N5O11/c1-24(2,16-30-18(32)5-6-19(30)33)25(3,4)26-17(31)11-27(7-9-28(12-20(34)35)13-21(36)37)8-10-29(14-22(38)39)15-23(40)41/h5-6H,7-16H2,1-4H3,(H,26,31)(H,34,35)(H,36,37)(H,38,39)(H,40,41). The highest BCUT2D eigenvalue weighted by molar-refractivity contribution is 6.12. The van der Waals surface area contributed by atoms with E-state index in [1.807, 2.05) is 0 Å². The Bertz CT molecular complexity index is 967. The highest BCUT2D eigenvalue weighted by Gasteiger charge is 2.42. The summed E-state index contributed by atoms with van der Waals surface area (Å²) in [5.74, 6) is -6.42. The number of hydrogen-bond donors (Lipinski definition) is 5. The van der Waals surface area contributed by atoms with Gasteiger partial charge in [0.2, 0.25) is 5.91 Å². The van der Waals surface area contributed by atoms with Crippen molar-refractivity contribution in [3.63, 3.8) is 0 Å². The molecule has 0 aromatic heterocycles. The van der Waals surface area contributed by atoms with Gasteiger partial charge in [-0.1, -0.05) is 13.8 Å². The van der Waals surface area contributed by atoms with Crippen LogP contribution in [0.25, 0.3) is 0 Å². The Hall–Kier alpha value is -3.89. The van der Waals surface area contributed by atoms with Crippen LogP contribution in [0.4, 0.5) is 0 Å². The van der Waals surface area contributed by atoms with Gasteiger partial charge < -0.3 is 25.7 Å². The van der Waals surface area contributed by atoms with Crippen LogP contribution in [0, 0.1) is 5.41 Å². The van der Waals surface area contributed by atoms with Gasteiger partial charge in [0.05, 0.1) is 32.7 Å². The summed E-state index contributed by atoms with van der Waals surface area (Å²) >= 11 is 0. The third-order valence-electron chi connectivity index (χ3n) is 6.87. The summed E-state index contributed by atoms with van der Waals surface area (Å²) in [6, 6.07) is 0. The van der Waals surface area contributed by atoms with Crippen LogP contribution in [0.2, 0.25) is 0 Å². The van der Waals surface area contributed by atoms with Gasteiger partial charge in [-0.15, -0.1) is 0 Å². The van der Waals surface area contributed by atoms with E-state index < -0.39 is 78.7 Å². The third kappa shape index (κ3) is 12.4. The molecule has 3 amide bonds. The number of imide groups is 1. The first-order chi connectivity index (χ1) is 18.8. The summed E-state index contributed by atoms with van der Waals surface area (Å²) in [5, 5.41) is 39.3. The number of nitrogens with zero attached hydrogens (tertiary/aromatic N) is 4. The number of carbonyl (C=O) groups excluding carboxylic acids is 3. The number of rotatable bonds is 20. The number of carboxylic acid groups (broad SMARTS) is 4. The van der Waals surface area contributed by atoms with E-state index in [0.717, 1.165) is 26.9 Å². The van der Waals surface area contributed by atoms with Crippen molar-refractivity contribution in [1.29, 1.82) is 0 Å². The molecule has 0 aliphatic carbocycles. The number of carbonyl (C=O) groups is 7. The van der Waals surface area contributed by atoms with Crippen molar-refractivity contribution in [3.8, 4) is 0 Å². The molecule has 0 spiro atoms. The molecule has 1 heterocycles. The SMILES string of the molecule is CC(C)(CN1C(=O)C=CC1=O)C(C)(C)NC(=O)CN(CCN(CC(=O)O)CC(=O)O)CCN(CC(=O)O)CC(=O)O. The number of amides is 3. The molecule has 0 saturated heterocycles. The van der Waals surface area contributed by atoms with Crippen LogP contribution in [0.15, 0.2) is 12.2 Å². The van der Waals surface area contributed by atoms with E-state index in [2.05, 4.69) is 5.32 Å². The molecule has 0 unspecified atom stereocenters. The van der Waals surface area contributed by atoms with Gasteiger partial charge in [0.15, 0.2) is 0 Å². The zero-order chi connectivity index (χ0) is 31.5. The van der Waals surface area contributed by atoms with E-state index >= 15 is 0 Å². The molecule has 16 nitrogen and oxygen atoms in total. The zero-order valence-electron chi connectivity index (χ0n) is 23.7. The van der Waals surface area contributed by atoms with Crippen molar-refractivity contribution < 1.29 is 54.0 Å². The molecular formula is C25H39N5O11. The topological polar surface area (TPSA) is 225 Å². The second-order valence-electron chi connectivity index (χ2n) is 10.9. The summed E-state index contributed by atoms with van der Waals surface area (Å²) < 4.78 is 0. The lowest BCUT2D eigenvalue weighted by Gasteiger charge is -2.44. The predicted octanol–water partition coefficient (Wildman–Crippen LogP) is -1.92. The van der Waals surface area contributed by atoms with Crippen molar-refractivity contribution in [2.45, 2.75) is 33.2 Å². The molecule has 16 heteroatoms. The van der Waals surface area contributed by atoms with Crippen LogP contribution in [-0.2, 0) is 33.6 Å². The van der Waals surface area contributed by atoms with Crippen molar-refractivity contribution in [2.24, 2.45) is 5.41 Å². The molecule has 5 N–H and O–H groups in total. The van der Waals surface area contributed by atoms with Crippen LogP contribution in [0.5, 0.6) is 0 Å². The quantitative estimate of drug-likeness (QED) is 0.0982. The van der Waals surface area contributed by atoms with Crippen molar-refractivity contribution in [2.75, 3.05) is 65.4 Å². The predicted molar refractivity (Wildman–Crippen MR) is 142 cm³/mol. The molecule has 1 aliphatic heterocycles. The van der Waals surface area contributed by atoms with Crippen molar-refractivity contribution in [3.05, 3.63) is 12.2 Å². The van der Waals surface area contributed by atoms with E-state index in [9.17, 15) is 33.6 Å². The zero-order valence-corrected chi connectivity index (χ0v) is 23.7. The smallest absolute Gasteiger partial charge is 0.317 e. The van der Waals surface area contributed by atoms with E-state index in [4.69, 9.17) is 20.4 Å². The molecule has 0 radical (unpaired) electrons. The lowest BCUT2D eigenvalue weighted by molar-refractivity contribution is -0.143. The first-order valence-electron chi connectivity index (χ1n) is 12.7. The highest BCUT2D eigenvalue weighted by atomic mass is 16.4. The third-order valence-corrected chi connectivity index (χ3v) is 6.87. The van der Waals surface area contributed by atoms with Crippen molar-refractivity contribution in [1.82, 2.24) is 24.9 Å². The lowest BCUT2D eigenvalue weighted by atomic mass is 9.74. The van der Waals surface area contributed by atoms with Crippen LogP contribution >= 0.6 is 0 Å². The molecule has 0 saturated carbocycles. The average molecular weight is 586 g/mol. The largest absolute Gasteiger partial charge is 0.480 e. The molecule has 1 aliphatic rings. The Morgan fingerprint density at radius 3 is 1.34 bits per heavy atom. The van der Waals surface area contributed by atoms with Crippen molar-refractivity contribution >= 4 is 41.6 Å². The van der Waals surface area contributed by atoms with Gasteiger partial charge in [0, 0.05) is 55.8 Å². The number of carboxylic acids is 4. The fraction of sp³-hybridized carbons (Fsp3) is 0.640. The van der Waals surface area contributed by atoms with Gasteiger partial charge in [-0.3, -0.25) is 53.2 Å². The summed E-state index contributed by atoms with van der Waals surface area (Å²) in [7, 11) is 0. The Morgan fingerprint density at radius 2 is 1.00 bits per heavy atom. The van der Waals surface area contributed by atoms with E-state index in [1.165, 1.54) is 4.90 Å². The van der Waals surface area contributed by atoms with Gasteiger partial charge in [0.1, 0.15) is 0 Å². The van der Waals surface area contributed by atoms with E-state index in [-0.39, 0.29) is 39.3 Å². The maximum Gasteiger partial charge on any atom is 0.317 e. The minimum Gasteiger partial charge on any atom is -0.480 e. The highest BCUT2D eigenvalue weighted by Crippen LogP contribution is 2.32. The lowest BCUT2D eigenvalue weighted by Crippen LogP contribution is -2.59. The van der Waals surface area contributed by atoms with Crippen LogP contribution < -0.4 is 5.32 Å². The second-order valence-corrected chi connectivity index (χ2v) is 10.9. The summed E-state index contributed by atoms with van der Waals surface area (Å²) in [5.41, 5.74) is -1.74. The summed E-state index contributed by atoms with van der Waals surface area (Å²) in [6.07, 6.45) is 2.33. The molecule has 0 fully saturated rings. The van der Waals surface area contributed by atoms with Crippen LogP contribution in [-0.4, -0.2) is 153 Å². The molecule has 230 valence electrons. The number of nitrogens with one attached hydrogen (secondary N) is 1. The van der Waals surface area contributed by atoms with Crippen LogP contribution in [0.1, 0.15) is 27.7 Å². The fourth-order valence-electron chi connectivity index (χ4n) is 3.97. The summed E-state index contributed by atoms with van der Waals surface area (Å²) in [4.78, 5) is 86.8. The Kier molecular flexibility index (Phi) is 13.0. The van der Waals surface area contributed by atoms with Gasteiger partial charge >= 0.3 is 23.9 Å². The van der Waals surface area contributed by atoms with Gasteiger partial charge in [0.25, 0.3) is 11.8 Å². The minimum atomic E-state index is -1.25.